The number of methoxy groups -OCH3 is 1. The van der Waals surface area contributed by atoms with Crippen LogP contribution >= 0.6 is 0 Å². The molecule has 7 heteroatoms. The van der Waals surface area contributed by atoms with Gasteiger partial charge in [0.1, 0.15) is 0 Å². The van der Waals surface area contributed by atoms with Crippen LogP contribution in [0.4, 0.5) is 0 Å². The summed E-state index contributed by atoms with van der Waals surface area (Å²) in [7, 11) is -2.13. The first kappa shape index (κ1) is 16.7. The summed E-state index contributed by atoms with van der Waals surface area (Å²) in [5, 5.41) is 2.64. The summed E-state index contributed by atoms with van der Waals surface area (Å²) in [6.45, 7) is 2.44. The number of carbonyl (C=O) groups excluding carboxylic acids is 1. The van der Waals surface area contributed by atoms with Gasteiger partial charge in [-0.3, -0.25) is 4.79 Å². The van der Waals surface area contributed by atoms with E-state index in [9.17, 15) is 13.2 Å². The largest absolute Gasteiger partial charge is 0.469 e. The molecule has 0 aromatic heterocycles. The lowest BCUT2D eigenvalue weighted by molar-refractivity contribution is -0.146. The number of sulfonamides is 1. The molecule has 2 rings (SSSR count). The Bertz CT molecular complexity index is 446. The first-order valence-electron chi connectivity index (χ1n) is 7.81. The molecular weight excluding hydrogens is 292 g/mol. The van der Waals surface area contributed by atoms with E-state index in [2.05, 4.69) is 10.0 Å². The van der Waals surface area contributed by atoms with Crippen LogP contribution in [0.5, 0.6) is 0 Å². The Labute approximate surface area is 127 Å². The van der Waals surface area contributed by atoms with Crippen LogP contribution in [0.15, 0.2) is 0 Å². The maximum Gasteiger partial charge on any atom is 0.310 e. The first-order chi connectivity index (χ1) is 10.0. The van der Waals surface area contributed by atoms with E-state index in [1.807, 2.05) is 0 Å². The highest BCUT2D eigenvalue weighted by Crippen LogP contribution is 2.30. The Morgan fingerprint density at radius 3 is 2.71 bits per heavy atom. The van der Waals surface area contributed by atoms with Crippen LogP contribution in [0.25, 0.3) is 0 Å². The van der Waals surface area contributed by atoms with Crippen molar-refractivity contribution >= 4 is 16.0 Å². The molecule has 0 radical (unpaired) electrons. The normalized spacial score (nSPS) is 30.2. The molecule has 1 saturated heterocycles. The molecule has 0 aromatic carbocycles. The van der Waals surface area contributed by atoms with Crippen molar-refractivity contribution in [3.63, 3.8) is 0 Å². The van der Waals surface area contributed by atoms with Gasteiger partial charge in [-0.15, -0.1) is 0 Å². The third kappa shape index (κ3) is 4.40. The molecule has 3 atom stereocenters. The predicted molar refractivity (Wildman–Crippen MR) is 80.3 cm³/mol. The molecule has 2 aliphatic rings. The van der Waals surface area contributed by atoms with E-state index in [1.54, 1.807) is 0 Å². The first-order valence-corrected chi connectivity index (χ1v) is 9.36. The van der Waals surface area contributed by atoms with Crippen molar-refractivity contribution in [2.24, 2.45) is 11.8 Å². The maximum absolute atomic E-state index is 12.5. The minimum atomic E-state index is -3.45. The molecule has 0 amide bonds. The molecule has 122 valence electrons. The second-order valence-electron chi connectivity index (χ2n) is 6.04. The summed E-state index contributed by atoms with van der Waals surface area (Å²) in [6.07, 6.45) is 4.84. The van der Waals surface area contributed by atoms with Gasteiger partial charge in [-0.2, -0.15) is 0 Å². The monoisotopic (exact) mass is 318 g/mol. The van der Waals surface area contributed by atoms with Gasteiger partial charge in [0.2, 0.25) is 10.0 Å². The summed E-state index contributed by atoms with van der Waals surface area (Å²) in [5.74, 6) is -0.366. The second kappa shape index (κ2) is 7.56. The summed E-state index contributed by atoms with van der Waals surface area (Å²) in [5.41, 5.74) is 0. The molecule has 0 bridgehead atoms. The summed E-state index contributed by atoms with van der Waals surface area (Å²) in [4.78, 5) is 11.8. The third-order valence-electron chi connectivity index (χ3n) is 4.62. The fraction of sp³-hybridized carbons (Fsp3) is 0.929. The minimum Gasteiger partial charge on any atom is -0.469 e. The molecule has 1 aliphatic heterocycles. The van der Waals surface area contributed by atoms with Crippen molar-refractivity contribution in [2.75, 3.05) is 26.7 Å². The molecule has 2 fully saturated rings. The van der Waals surface area contributed by atoms with Crippen LogP contribution in [0.2, 0.25) is 0 Å². The molecule has 6 nitrogen and oxygen atoms in total. The third-order valence-corrected chi connectivity index (χ3v) is 6.59. The number of nitrogens with one attached hydrogen (secondary N) is 2. The second-order valence-corrected chi connectivity index (χ2v) is 8.02. The fourth-order valence-electron chi connectivity index (χ4n) is 3.36. The Hall–Kier alpha value is -0.660. The van der Waals surface area contributed by atoms with Gasteiger partial charge in [-0.1, -0.05) is 12.8 Å². The average Bonchev–Trinajstić information content (AvgIpc) is 2.99. The SMILES string of the molecule is COC(=O)C1CCCCC1S(=O)(=O)NCCC1CCNC1. The quantitative estimate of drug-likeness (QED) is 0.702. The van der Waals surface area contributed by atoms with Crippen molar-refractivity contribution in [1.82, 2.24) is 10.0 Å². The van der Waals surface area contributed by atoms with Crippen molar-refractivity contribution < 1.29 is 17.9 Å². The summed E-state index contributed by atoms with van der Waals surface area (Å²) < 4.78 is 32.4. The molecule has 2 N–H and O–H groups in total. The Morgan fingerprint density at radius 2 is 2.05 bits per heavy atom. The van der Waals surface area contributed by atoms with Crippen LogP contribution < -0.4 is 10.0 Å². The van der Waals surface area contributed by atoms with Crippen LogP contribution in [-0.2, 0) is 19.6 Å². The van der Waals surface area contributed by atoms with Gasteiger partial charge in [0, 0.05) is 6.54 Å². The number of carbonyl (C=O) groups is 1. The van der Waals surface area contributed by atoms with Crippen molar-refractivity contribution in [1.29, 1.82) is 0 Å². The molecule has 0 spiro atoms. The standard InChI is InChI=1S/C14H26N2O4S/c1-20-14(17)12-4-2-3-5-13(12)21(18,19)16-9-7-11-6-8-15-10-11/h11-13,15-16H,2-10H2,1H3. The van der Waals surface area contributed by atoms with E-state index >= 15 is 0 Å². The van der Waals surface area contributed by atoms with E-state index in [0.717, 1.165) is 38.8 Å². The minimum absolute atomic E-state index is 0.398. The number of hydrogen-bond acceptors (Lipinski definition) is 5. The summed E-state index contributed by atoms with van der Waals surface area (Å²) >= 11 is 0. The molecule has 1 aliphatic carbocycles. The smallest absolute Gasteiger partial charge is 0.310 e. The van der Waals surface area contributed by atoms with Gasteiger partial charge in [-0.25, -0.2) is 13.1 Å². The highest BCUT2D eigenvalue weighted by Gasteiger charge is 2.40. The lowest BCUT2D eigenvalue weighted by Crippen LogP contribution is -2.44. The molecule has 1 heterocycles. The van der Waals surface area contributed by atoms with Gasteiger partial charge in [0.25, 0.3) is 0 Å². The molecule has 3 unspecified atom stereocenters. The average molecular weight is 318 g/mol. The van der Waals surface area contributed by atoms with Crippen LogP contribution in [0.1, 0.15) is 38.5 Å². The zero-order valence-electron chi connectivity index (χ0n) is 12.6. The van der Waals surface area contributed by atoms with Crippen molar-refractivity contribution in [3.8, 4) is 0 Å². The number of ether oxygens (including phenoxy) is 1. The highest BCUT2D eigenvalue weighted by molar-refractivity contribution is 7.90. The lowest BCUT2D eigenvalue weighted by Gasteiger charge is -2.29. The van der Waals surface area contributed by atoms with Crippen molar-refractivity contribution in [3.05, 3.63) is 0 Å². The van der Waals surface area contributed by atoms with Crippen LogP contribution in [0, 0.1) is 11.8 Å². The Kier molecular flexibility index (Phi) is 6.01. The fourth-order valence-corrected chi connectivity index (χ4v) is 5.14. The number of rotatable bonds is 6. The van der Waals surface area contributed by atoms with E-state index in [4.69, 9.17) is 4.74 Å². The molecular formula is C14H26N2O4S. The lowest BCUT2D eigenvalue weighted by atomic mass is 9.89. The van der Waals surface area contributed by atoms with Crippen molar-refractivity contribution in [2.45, 2.75) is 43.8 Å². The highest BCUT2D eigenvalue weighted by atomic mass is 32.2. The Morgan fingerprint density at radius 1 is 1.29 bits per heavy atom. The van der Waals surface area contributed by atoms with E-state index in [1.165, 1.54) is 7.11 Å². The molecule has 0 aromatic rings. The van der Waals surface area contributed by atoms with Gasteiger partial charge < -0.3 is 10.1 Å². The predicted octanol–water partition coefficient (Wildman–Crippen LogP) is 0.637. The topological polar surface area (TPSA) is 84.5 Å². The zero-order chi connectivity index (χ0) is 15.3. The number of hydrogen-bond donors (Lipinski definition) is 2. The number of esters is 1. The van der Waals surface area contributed by atoms with Gasteiger partial charge in [-0.05, 0) is 44.7 Å². The van der Waals surface area contributed by atoms with Crippen LogP contribution in [-0.4, -0.2) is 46.4 Å². The van der Waals surface area contributed by atoms with E-state index < -0.39 is 27.2 Å². The summed E-state index contributed by atoms with van der Waals surface area (Å²) in [6, 6.07) is 0. The maximum atomic E-state index is 12.5. The van der Waals surface area contributed by atoms with E-state index in [0.29, 0.717) is 25.3 Å². The van der Waals surface area contributed by atoms with Gasteiger partial charge in [0.15, 0.2) is 0 Å². The molecule has 21 heavy (non-hydrogen) atoms. The van der Waals surface area contributed by atoms with Gasteiger partial charge in [0.05, 0.1) is 18.3 Å². The Balaban J connectivity index is 1.90. The zero-order valence-corrected chi connectivity index (χ0v) is 13.5. The van der Waals surface area contributed by atoms with Gasteiger partial charge >= 0.3 is 5.97 Å². The van der Waals surface area contributed by atoms with Crippen LogP contribution in [0.3, 0.4) is 0 Å². The van der Waals surface area contributed by atoms with E-state index in [-0.39, 0.29) is 0 Å². The molecule has 1 saturated carbocycles.